The molecule has 3 aliphatic heterocycles. The van der Waals surface area contributed by atoms with E-state index in [1.165, 1.54) is 12.1 Å². The van der Waals surface area contributed by atoms with Crippen molar-refractivity contribution in [2.75, 3.05) is 42.3 Å². The Balaban J connectivity index is 1.37. The molecule has 7 rings (SSSR count). The molecular formula is C28H24ClF3N6O3S2. The molecule has 0 saturated carbocycles. The van der Waals surface area contributed by atoms with E-state index in [1.807, 2.05) is 6.07 Å². The Labute approximate surface area is 253 Å². The van der Waals surface area contributed by atoms with Crippen LogP contribution >= 0.6 is 22.9 Å². The number of nitrogen functional groups attached to an aromatic ring is 1. The molecule has 15 heteroatoms. The van der Waals surface area contributed by atoms with Crippen LogP contribution < -0.4 is 15.8 Å². The summed E-state index contributed by atoms with van der Waals surface area (Å²) in [5.41, 5.74) is 5.35. The highest BCUT2D eigenvalue weighted by Crippen LogP contribution is 2.46. The van der Waals surface area contributed by atoms with Crippen molar-refractivity contribution in [1.29, 1.82) is 5.26 Å². The van der Waals surface area contributed by atoms with Crippen molar-refractivity contribution in [1.82, 2.24) is 14.9 Å². The normalized spacial score (nSPS) is 23.4. The third kappa shape index (κ3) is 4.64. The number of hydrogen-bond acceptors (Lipinski definition) is 10. The molecule has 3 saturated heterocycles. The lowest BCUT2D eigenvalue weighted by Crippen LogP contribution is -2.46. The van der Waals surface area contributed by atoms with E-state index >= 15 is 4.39 Å². The summed E-state index contributed by atoms with van der Waals surface area (Å²) in [6.07, 6.45) is 0.980. The van der Waals surface area contributed by atoms with Crippen LogP contribution in [0.5, 0.6) is 6.01 Å². The molecule has 224 valence electrons. The van der Waals surface area contributed by atoms with Gasteiger partial charge in [-0.15, -0.1) is 11.3 Å². The Morgan fingerprint density at radius 2 is 2.09 bits per heavy atom. The van der Waals surface area contributed by atoms with Gasteiger partial charge in [-0.1, -0.05) is 17.7 Å². The predicted octanol–water partition coefficient (Wildman–Crippen LogP) is 5.06. The van der Waals surface area contributed by atoms with Gasteiger partial charge in [-0.3, -0.25) is 4.90 Å². The number of fused-ring (bicyclic) bond motifs is 3. The zero-order valence-electron chi connectivity index (χ0n) is 22.5. The molecule has 5 heterocycles. The summed E-state index contributed by atoms with van der Waals surface area (Å²) >= 11 is 7.53. The van der Waals surface area contributed by atoms with E-state index in [2.05, 4.69) is 20.2 Å². The Morgan fingerprint density at radius 3 is 2.84 bits per heavy atom. The average Bonchev–Trinajstić information content (AvgIpc) is 3.57. The fraction of sp³-hybridized carbons (Fsp3) is 0.393. The second-order valence-electron chi connectivity index (χ2n) is 11.3. The SMILES string of the molecule is N#Cc1c(N)sc2c(F)ccc(-c3c(Cl)cc4c(NC5CS(=O)(=O)C5)nc(OC[C@@]56CCCN5C[C@H](F)C6)nc4c3F)c12. The van der Waals surface area contributed by atoms with E-state index in [9.17, 15) is 22.5 Å². The molecule has 3 aliphatic rings. The Hall–Kier alpha value is -3.38. The highest BCUT2D eigenvalue weighted by Gasteiger charge is 2.49. The molecule has 9 nitrogen and oxygen atoms in total. The number of nitrogens with zero attached hydrogens (tertiary/aromatic N) is 4. The van der Waals surface area contributed by atoms with Gasteiger partial charge in [0.1, 0.15) is 41.0 Å². The van der Waals surface area contributed by atoms with Crippen molar-refractivity contribution < 1.29 is 26.3 Å². The summed E-state index contributed by atoms with van der Waals surface area (Å²) in [5, 5.41) is 13.1. The number of nitriles is 1. The standard InChI is InChI=1S/C28H24ClF3N6O3S2/c29-18-6-16-23(22(32)21(18)15-2-3-19(31)24-20(15)17(8-33)25(34)42-24)36-27(37-26(16)35-14-10-43(39,40)11-14)41-12-28-4-1-5-38(28)9-13(30)7-28/h2-3,6,13-14H,1,4-5,7,9-12,34H2,(H,35,36,37)/t13-,28+/m1/s1. The van der Waals surface area contributed by atoms with E-state index in [-0.39, 0.29) is 77.6 Å². The van der Waals surface area contributed by atoms with Gasteiger partial charge in [-0.25, -0.2) is 21.6 Å². The monoisotopic (exact) mass is 648 g/mol. The zero-order chi connectivity index (χ0) is 30.3. The minimum Gasteiger partial charge on any atom is -0.461 e. The lowest BCUT2D eigenvalue weighted by atomic mass is 9.95. The lowest BCUT2D eigenvalue weighted by molar-refractivity contribution is 0.107. The first kappa shape index (κ1) is 28.4. The number of benzene rings is 2. The van der Waals surface area contributed by atoms with Gasteiger partial charge in [0.2, 0.25) is 0 Å². The molecule has 0 radical (unpaired) electrons. The topological polar surface area (TPSA) is 134 Å². The first-order valence-corrected chi connectivity index (χ1v) is 16.6. The maximum absolute atomic E-state index is 16.6. The summed E-state index contributed by atoms with van der Waals surface area (Å²) < 4.78 is 75.4. The van der Waals surface area contributed by atoms with Crippen LogP contribution in [0, 0.1) is 23.0 Å². The Morgan fingerprint density at radius 1 is 1.30 bits per heavy atom. The number of ether oxygens (including phenoxy) is 1. The van der Waals surface area contributed by atoms with Crippen LogP contribution in [0.3, 0.4) is 0 Å². The van der Waals surface area contributed by atoms with E-state index in [0.717, 1.165) is 36.8 Å². The summed E-state index contributed by atoms with van der Waals surface area (Å²) in [5.74, 6) is -1.60. The van der Waals surface area contributed by atoms with Gasteiger partial charge in [-0.2, -0.15) is 15.2 Å². The Bertz CT molecular complexity index is 1970. The van der Waals surface area contributed by atoms with Crippen LogP contribution in [-0.4, -0.2) is 72.2 Å². The third-order valence-electron chi connectivity index (χ3n) is 8.54. The molecule has 3 fully saturated rings. The van der Waals surface area contributed by atoms with Gasteiger partial charge in [0.05, 0.1) is 38.4 Å². The minimum atomic E-state index is -3.18. The fourth-order valence-corrected chi connectivity index (χ4v) is 9.13. The maximum atomic E-state index is 16.6. The van der Waals surface area contributed by atoms with Gasteiger partial charge in [0.25, 0.3) is 0 Å². The van der Waals surface area contributed by atoms with Crippen molar-refractivity contribution in [2.24, 2.45) is 0 Å². The van der Waals surface area contributed by atoms with Crippen LogP contribution in [0.25, 0.3) is 32.1 Å². The maximum Gasteiger partial charge on any atom is 0.319 e. The van der Waals surface area contributed by atoms with E-state index in [0.29, 0.717) is 13.0 Å². The number of aromatic nitrogens is 2. The number of thiophene rings is 1. The van der Waals surface area contributed by atoms with Crippen LogP contribution in [-0.2, 0) is 9.84 Å². The fourth-order valence-electron chi connectivity index (χ4n) is 6.59. The van der Waals surface area contributed by atoms with Gasteiger partial charge in [0.15, 0.2) is 15.7 Å². The van der Waals surface area contributed by atoms with E-state index in [1.54, 1.807) is 0 Å². The van der Waals surface area contributed by atoms with Crippen molar-refractivity contribution in [2.45, 2.75) is 37.0 Å². The predicted molar refractivity (Wildman–Crippen MR) is 159 cm³/mol. The zero-order valence-corrected chi connectivity index (χ0v) is 24.9. The van der Waals surface area contributed by atoms with Gasteiger partial charge in [0, 0.05) is 29.3 Å². The van der Waals surface area contributed by atoms with Crippen molar-refractivity contribution in [3.63, 3.8) is 0 Å². The molecule has 2 aromatic heterocycles. The first-order valence-electron chi connectivity index (χ1n) is 13.6. The summed E-state index contributed by atoms with van der Waals surface area (Å²) in [7, 11) is -3.18. The number of anilines is 2. The van der Waals surface area contributed by atoms with Crippen LogP contribution in [0.1, 0.15) is 24.8 Å². The molecule has 3 N–H and O–H groups in total. The molecule has 43 heavy (non-hydrogen) atoms. The molecule has 0 spiro atoms. The highest BCUT2D eigenvalue weighted by molar-refractivity contribution is 7.92. The average molecular weight is 649 g/mol. The number of nitrogens with two attached hydrogens (primary N) is 1. The molecule has 0 bridgehead atoms. The quantitative estimate of drug-likeness (QED) is 0.294. The highest BCUT2D eigenvalue weighted by atomic mass is 35.5. The van der Waals surface area contributed by atoms with Crippen LogP contribution in [0.15, 0.2) is 18.2 Å². The van der Waals surface area contributed by atoms with Gasteiger partial charge in [-0.05, 0) is 37.1 Å². The minimum absolute atomic E-state index is 0.00780. The van der Waals surface area contributed by atoms with Crippen molar-refractivity contribution >= 4 is 64.6 Å². The van der Waals surface area contributed by atoms with Crippen molar-refractivity contribution in [3.8, 4) is 23.2 Å². The number of alkyl halides is 1. The summed E-state index contributed by atoms with van der Waals surface area (Å²) in [6, 6.07) is 5.26. The molecule has 0 unspecified atom stereocenters. The lowest BCUT2D eigenvalue weighted by Gasteiger charge is -2.31. The molecule has 0 aliphatic carbocycles. The molecule has 2 atom stereocenters. The van der Waals surface area contributed by atoms with Crippen molar-refractivity contribution in [3.05, 3.63) is 40.4 Å². The smallest absolute Gasteiger partial charge is 0.319 e. The molecule has 2 aromatic carbocycles. The largest absolute Gasteiger partial charge is 0.461 e. The summed E-state index contributed by atoms with van der Waals surface area (Å²) in [6.45, 7) is 1.17. The number of sulfone groups is 1. The van der Waals surface area contributed by atoms with E-state index < -0.39 is 39.2 Å². The van der Waals surface area contributed by atoms with Gasteiger partial charge >= 0.3 is 6.01 Å². The second-order valence-corrected chi connectivity index (χ2v) is 14.9. The number of nitrogens with one attached hydrogen (secondary N) is 1. The van der Waals surface area contributed by atoms with Crippen LogP contribution in [0.2, 0.25) is 5.02 Å². The number of hydrogen-bond donors (Lipinski definition) is 2. The molecule has 0 amide bonds. The number of rotatable bonds is 6. The first-order chi connectivity index (χ1) is 20.5. The van der Waals surface area contributed by atoms with E-state index in [4.69, 9.17) is 22.1 Å². The summed E-state index contributed by atoms with van der Waals surface area (Å²) in [4.78, 5) is 10.9. The second kappa shape index (κ2) is 10.1. The van der Waals surface area contributed by atoms with Crippen LogP contribution in [0.4, 0.5) is 24.0 Å². The van der Waals surface area contributed by atoms with Gasteiger partial charge < -0.3 is 15.8 Å². The third-order valence-corrected chi connectivity index (χ3v) is 11.7. The number of halogens is 4. The molecule has 4 aromatic rings. The molecular weight excluding hydrogens is 625 g/mol. The Kier molecular flexibility index (Phi) is 6.66.